The van der Waals surface area contributed by atoms with Gasteiger partial charge in [-0.05, 0) is 25.2 Å². The Balaban J connectivity index is 3.11. The molecule has 134 valence electrons. The molecular formula is C18H24F3NO2. The Bertz CT molecular complexity index is 580. The lowest BCUT2D eigenvalue weighted by Crippen LogP contribution is -2.36. The molecule has 0 aliphatic carbocycles. The number of alkyl halides is 3. The molecule has 1 rings (SSSR count). The van der Waals surface area contributed by atoms with E-state index in [4.69, 9.17) is 4.84 Å². The molecule has 0 saturated carbocycles. The molecule has 24 heavy (non-hydrogen) atoms. The first-order valence-electron chi connectivity index (χ1n) is 7.90. The Morgan fingerprint density at radius 3 is 2.08 bits per heavy atom. The van der Waals surface area contributed by atoms with Crippen molar-refractivity contribution >= 4 is 11.7 Å². The van der Waals surface area contributed by atoms with E-state index in [2.05, 4.69) is 5.16 Å². The van der Waals surface area contributed by atoms with E-state index in [9.17, 15) is 18.0 Å². The van der Waals surface area contributed by atoms with Crippen molar-refractivity contribution in [2.24, 2.45) is 22.4 Å². The largest absolute Gasteiger partial charge is 0.437 e. The topological polar surface area (TPSA) is 38.7 Å². The van der Waals surface area contributed by atoms with Crippen LogP contribution in [0.2, 0.25) is 0 Å². The average Bonchev–Trinajstić information content (AvgIpc) is 2.45. The summed E-state index contributed by atoms with van der Waals surface area (Å²) in [6.07, 6.45) is -4.21. The third-order valence-corrected chi connectivity index (χ3v) is 4.11. The third kappa shape index (κ3) is 5.08. The number of nitrogens with zero attached hydrogens (tertiary/aromatic N) is 1. The zero-order valence-electron chi connectivity index (χ0n) is 14.6. The quantitative estimate of drug-likeness (QED) is 0.404. The second-order valence-electron chi connectivity index (χ2n) is 6.85. The van der Waals surface area contributed by atoms with Gasteiger partial charge in [-0.3, -0.25) is 0 Å². The number of hydrogen-bond acceptors (Lipinski definition) is 3. The molecule has 1 atom stereocenters. The highest BCUT2D eigenvalue weighted by Crippen LogP contribution is 2.36. The van der Waals surface area contributed by atoms with Crippen molar-refractivity contribution in [3.63, 3.8) is 0 Å². The molecule has 0 saturated heterocycles. The number of benzene rings is 1. The van der Waals surface area contributed by atoms with Crippen LogP contribution in [0.15, 0.2) is 35.5 Å². The second kappa shape index (κ2) is 7.81. The highest BCUT2D eigenvalue weighted by molar-refractivity contribution is 6.04. The SMILES string of the molecule is CC(C)CC(C)(C(=O)O/N=C(/c1ccccc1)C(F)(F)F)C(C)C. The molecule has 0 aliphatic heterocycles. The minimum absolute atomic E-state index is 0.0892. The van der Waals surface area contributed by atoms with Gasteiger partial charge in [-0.25, -0.2) is 4.79 Å². The summed E-state index contributed by atoms with van der Waals surface area (Å²) in [5, 5.41) is 3.16. The fourth-order valence-corrected chi connectivity index (χ4v) is 2.46. The molecule has 0 radical (unpaired) electrons. The van der Waals surface area contributed by atoms with E-state index in [0.717, 1.165) is 0 Å². The average molecular weight is 343 g/mol. The number of oxime groups is 1. The lowest BCUT2D eigenvalue weighted by molar-refractivity contribution is -0.159. The third-order valence-electron chi connectivity index (χ3n) is 4.11. The van der Waals surface area contributed by atoms with Gasteiger partial charge in [0.1, 0.15) is 0 Å². The molecule has 0 fully saturated rings. The highest BCUT2D eigenvalue weighted by Gasteiger charge is 2.41. The van der Waals surface area contributed by atoms with Crippen molar-refractivity contribution in [1.82, 2.24) is 0 Å². The molecule has 0 heterocycles. The van der Waals surface area contributed by atoms with E-state index in [1.54, 1.807) is 13.0 Å². The summed E-state index contributed by atoms with van der Waals surface area (Å²) in [5.41, 5.74) is -2.26. The minimum Gasteiger partial charge on any atom is -0.317 e. The molecule has 0 amide bonds. The molecule has 6 heteroatoms. The zero-order chi connectivity index (χ0) is 18.5. The Morgan fingerprint density at radius 1 is 1.12 bits per heavy atom. The van der Waals surface area contributed by atoms with Crippen molar-refractivity contribution in [3.8, 4) is 0 Å². The Morgan fingerprint density at radius 2 is 1.67 bits per heavy atom. The van der Waals surface area contributed by atoms with Crippen LogP contribution in [0.25, 0.3) is 0 Å². The predicted molar refractivity (Wildman–Crippen MR) is 87.5 cm³/mol. The van der Waals surface area contributed by atoms with Crippen LogP contribution < -0.4 is 0 Å². The van der Waals surface area contributed by atoms with Crippen LogP contribution in [0.5, 0.6) is 0 Å². The van der Waals surface area contributed by atoms with Crippen LogP contribution in [0.1, 0.15) is 46.6 Å². The molecule has 0 spiro atoms. The van der Waals surface area contributed by atoms with Gasteiger partial charge in [-0.15, -0.1) is 0 Å². The van der Waals surface area contributed by atoms with E-state index in [0.29, 0.717) is 6.42 Å². The molecule has 0 N–H and O–H groups in total. The van der Waals surface area contributed by atoms with Crippen molar-refractivity contribution < 1.29 is 22.8 Å². The molecular weight excluding hydrogens is 319 g/mol. The van der Waals surface area contributed by atoms with Gasteiger partial charge in [0, 0.05) is 5.56 Å². The van der Waals surface area contributed by atoms with Gasteiger partial charge in [-0.1, -0.05) is 63.2 Å². The lowest BCUT2D eigenvalue weighted by atomic mass is 9.73. The number of rotatable bonds is 6. The first-order valence-corrected chi connectivity index (χ1v) is 7.90. The minimum atomic E-state index is -4.71. The lowest BCUT2D eigenvalue weighted by Gasteiger charge is -2.31. The molecule has 1 unspecified atom stereocenters. The van der Waals surface area contributed by atoms with Crippen molar-refractivity contribution in [2.45, 2.75) is 47.2 Å². The maximum atomic E-state index is 13.2. The van der Waals surface area contributed by atoms with Gasteiger partial charge in [0.05, 0.1) is 5.41 Å². The molecule has 1 aromatic rings. The first-order chi connectivity index (χ1) is 11.0. The predicted octanol–water partition coefficient (Wildman–Crippen LogP) is 5.20. The van der Waals surface area contributed by atoms with Crippen LogP contribution in [0, 0.1) is 17.3 Å². The maximum absolute atomic E-state index is 13.2. The van der Waals surface area contributed by atoms with Gasteiger partial charge in [0.25, 0.3) is 0 Å². The highest BCUT2D eigenvalue weighted by atomic mass is 19.4. The van der Waals surface area contributed by atoms with E-state index >= 15 is 0 Å². The summed E-state index contributed by atoms with van der Waals surface area (Å²) in [6, 6.07) is 7.08. The molecule has 0 aromatic heterocycles. The molecule has 0 aliphatic rings. The van der Waals surface area contributed by atoms with Gasteiger partial charge >= 0.3 is 12.1 Å². The van der Waals surface area contributed by atoms with E-state index in [1.165, 1.54) is 24.3 Å². The van der Waals surface area contributed by atoms with Crippen LogP contribution in [0.4, 0.5) is 13.2 Å². The van der Waals surface area contributed by atoms with E-state index in [-0.39, 0.29) is 17.4 Å². The maximum Gasteiger partial charge on any atom is 0.437 e. The van der Waals surface area contributed by atoms with E-state index in [1.807, 2.05) is 27.7 Å². The number of hydrogen-bond donors (Lipinski definition) is 0. The fourth-order valence-electron chi connectivity index (χ4n) is 2.46. The zero-order valence-corrected chi connectivity index (χ0v) is 14.6. The van der Waals surface area contributed by atoms with Gasteiger partial charge in [0.15, 0.2) is 5.71 Å². The first kappa shape index (κ1) is 20.2. The summed E-state index contributed by atoms with van der Waals surface area (Å²) in [5.74, 6) is -0.636. The second-order valence-corrected chi connectivity index (χ2v) is 6.85. The number of halogens is 3. The number of carbonyl (C=O) groups is 1. The summed E-state index contributed by atoms with van der Waals surface area (Å²) >= 11 is 0. The summed E-state index contributed by atoms with van der Waals surface area (Å²) in [6.45, 7) is 9.28. The fraction of sp³-hybridized carbons (Fsp3) is 0.556. The summed E-state index contributed by atoms with van der Waals surface area (Å²) < 4.78 is 39.6. The number of carbonyl (C=O) groups excluding carboxylic acids is 1. The monoisotopic (exact) mass is 343 g/mol. The standard InChI is InChI=1S/C18H24F3NO2/c1-12(2)11-17(5,13(3)4)16(23)24-22-15(18(19,20)21)14-9-7-6-8-10-14/h6-10,12-13H,11H2,1-5H3/b22-15-. The van der Waals surface area contributed by atoms with Crippen molar-refractivity contribution in [2.75, 3.05) is 0 Å². The Kier molecular flexibility index (Phi) is 6.58. The normalized spacial score (nSPS) is 15.5. The van der Waals surface area contributed by atoms with Gasteiger partial charge < -0.3 is 4.84 Å². The molecule has 0 bridgehead atoms. The summed E-state index contributed by atoms with van der Waals surface area (Å²) in [4.78, 5) is 17.1. The molecule has 3 nitrogen and oxygen atoms in total. The van der Waals surface area contributed by atoms with Crippen molar-refractivity contribution in [1.29, 1.82) is 0 Å². The van der Waals surface area contributed by atoms with Crippen LogP contribution >= 0.6 is 0 Å². The van der Waals surface area contributed by atoms with Crippen molar-refractivity contribution in [3.05, 3.63) is 35.9 Å². The smallest absolute Gasteiger partial charge is 0.317 e. The van der Waals surface area contributed by atoms with Gasteiger partial charge in [-0.2, -0.15) is 13.2 Å². The molecule has 1 aromatic carbocycles. The van der Waals surface area contributed by atoms with Crippen LogP contribution in [-0.4, -0.2) is 17.9 Å². The Hall–Kier alpha value is -1.85. The van der Waals surface area contributed by atoms with E-state index < -0.39 is 23.3 Å². The van der Waals surface area contributed by atoms with Gasteiger partial charge in [0.2, 0.25) is 0 Å². The Labute approximate surface area is 140 Å². The summed E-state index contributed by atoms with van der Waals surface area (Å²) in [7, 11) is 0. The van der Waals surface area contributed by atoms with Crippen LogP contribution in [0.3, 0.4) is 0 Å². The van der Waals surface area contributed by atoms with Crippen LogP contribution in [-0.2, 0) is 9.63 Å².